The van der Waals surface area contributed by atoms with Crippen molar-refractivity contribution in [2.75, 3.05) is 38.2 Å². The predicted octanol–water partition coefficient (Wildman–Crippen LogP) is 2.21. The lowest BCUT2D eigenvalue weighted by Crippen LogP contribution is -2.58. The molecule has 26 heavy (non-hydrogen) atoms. The van der Waals surface area contributed by atoms with Gasteiger partial charge in [0.15, 0.2) is 11.5 Å². The van der Waals surface area contributed by atoms with Crippen molar-refractivity contribution < 1.29 is 22.7 Å². The molecule has 10 heteroatoms. The minimum Gasteiger partial charge on any atom is -0.381 e. The molecule has 0 aliphatic carbocycles. The van der Waals surface area contributed by atoms with Crippen LogP contribution in [0.2, 0.25) is 0 Å². The van der Waals surface area contributed by atoms with Gasteiger partial charge in [0, 0.05) is 44.9 Å². The maximum absolute atomic E-state index is 12.5. The molecule has 3 heterocycles. The highest BCUT2D eigenvalue weighted by Gasteiger charge is 2.34. The molecule has 1 aromatic rings. The molecule has 0 saturated carbocycles. The molecule has 7 nitrogen and oxygen atoms in total. The van der Waals surface area contributed by atoms with Gasteiger partial charge < -0.3 is 9.64 Å². The number of anilines is 1. The molecule has 2 fully saturated rings. The summed E-state index contributed by atoms with van der Waals surface area (Å²) < 4.78 is 42.9. The van der Waals surface area contributed by atoms with Crippen molar-refractivity contribution in [3.63, 3.8) is 0 Å². The molecule has 2 amide bonds. The lowest BCUT2D eigenvalue weighted by molar-refractivity contribution is -0.141. The number of hydrogen-bond donors (Lipinski definition) is 1. The molecule has 1 N–H and O–H groups in total. The van der Waals surface area contributed by atoms with Gasteiger partial charge in [0.1, 0.15) is 0 Å². The minimum atomic E-state index is -4.55. The lowest BCUT2D eigenvalue weighted by atomic mass is 10.0. The number of rotatable bonds is 2. The molecule has 0 radical (unpaired) electrons. The van der Waals surface area contributed by atoms with E-state index in [9.17, 15) is 18.0 Å². The summed E-state index contributed by atoms with van der Waals surface area (Å²) in [5.74, 6) is 0.00191. The first-order valence-electron chi connectivity index (χ1n) is 8.65. The fourth-order valence-electron chi connectivity index (χ4n) is 3.40. The van der Waals surface area contributed by atoms with E-state index in [1.165, 1.54) is 0 Å². The van der Waals surface area contributed by atoms with Crippen LogP contribution in [0, 0.1) is 0 Å². The summed E-state index contributed by atoms with van der Waals surface area (Å²) in [4.78, 5) is 16.5. The summed E-state index contributed by atoms with van der Waals surface area (Å²) in [5, 5.41) is 9.08. The van der Waals surface area contributed by atoms with E-state index in [1.807, 2.05) is 6.92 Å². The molecule has 0 bridgehead atoms. The second-order valence-electron chi connectivity index (χ2n) is 6.61. The highest BCUT2D eigenvalue weighted by molar-refractivity contribution is 5.88. The molecule has 1 aromatic heterocycles. The summed E-state index contributed by atoms with van der Waals surface area (Å²) in [6, 6.07) is 2.01. The smallest absolute Gasteiger partial charge is 0.381 e. The van der Waals surface area contributed by atoms with Gasteiger partial charge in [-0.1, -0.05) is 0 Å². The van der Waals surface area contributed by atoms with Crippen molar-refractivity contribution in [3.8, 4) is 0 Å². The van der Waals surface area contributed by atoms with Crippen LogP contribution in [0.15, 0.2) is 12.1 Å². The Morgan fingerprint density at radius 2 is 1.96 bits per heavy atom. The predicted molar refractivity (Wildman–Crippen MR) is 87.6 cm³/mol. The molecule has 1 atom stereocenters. The van der Waals surface area contributed by atoms with Crippen LogP contribution < -0.4 is 5.32 Å². The first-order chi connectivity index (χ1) is 12.3. The Morgan fingerprint density at radius 3 is 2.54 bits per heavy atom. The molecule has 144 valence electrons. The number of carbonyl (C=O) groups excluding carboxylic acids is 1. The fraction of sp³-hybridized carbons (Fsp3) is 0.688. The van der Waals surface area contributed by atoms with Crippen molar-refractivity contribution >= 4 is 11.8 Å². The Morgan fingerprint density at radius 1 is 1.23 bits per heavy atom. The molecule has 3 rings (SSSR count). The maximum atomic E-state index is 12.5. The van der Waals surface area contributed by atoms with Crippen LogP contribution in [0.3, 0.4) is 0 Å². The van der Waals surface area contributed by atoms with E-state index in [4.69, 9.17) is 4.74 Å². The Labute approximate surface area is 149 Å². The zero-order chi connectivity index (χ0) is 18.7. The van der Waals surface area contributed by atoms with Gasteiger partial charge in [-0.3, -0.25) is 10.2 Å². The van der Waals surface area contributed by atoms with Crippen molar-refractivity contribution in [1.82, 2.24) is 20.0 Å². The van der Waals surface area contributed by atoms with Crippen LogP contribution >= 0.6 is 0 Å². The van der Waals surface area contributed by atoms with Gasteiger partial charge in [-0.2, -0.15) is 13.2 Å². The van der Waals surface area contributed by atoms with Crippen LogP contribution in [0.1, 0.15) is 25.5 Å². The first kappa shape index (κ1) is 18.8. The van der Waals surface area contributed by atoms with Crippen molar-refractivity contribution in [2.24, 2.45) is 0 Å². The average molecular weight is 373 g/mol. The van der Waals surface area contributed by atoms with Crippen LogP contribution in [0.25, 0.3) is 0 Å². The van der Waals surface area contributed by atoms with Crippen LogP contribution in [-0.2, 0) is 10.9 Å². The second-order valence-corrected chi connectivity index (χ2v) is 6.61. The first-order valence-corrected chi connectivity index (χ1v) is 8.65. The molecular formula is C16H22F3N5O2. The standard InChI is InChI=1S/C16H22F3N5O2/c1-11-10-23(12-4-8-26-9-5-12)6-7-24(11)15(25)20-14-3-2-13(21-22-14)16(17,18)19/h2-3,11-12H,4-10H2,1H3,(H,20,22,25)/t11-/m0/s1. The van der Waals surface area contributed by atoms with E-state index >= 15 is 0 Å². The zero-order valence-electron chi connectivity index (χ0n) is 14.5. The Kier molecular flexibility index (Phi) is 5.61. The summed E-state index contributed by atoms with van der Waals surface area (Å²) in [6.07, 6.45) is -2.55. The van der Waals surface area contributed by atoms with E-state index in [2.05, 4.69) is 20.4 Å². The van der Waals surface area contributed by atoms with E-state index < -0.39 is 11.9 Å². The molecule has 0 spiro atoms. The van der Waals surface area contributed by atoms with Crippen LogP contribution in [0.4, 0.5) is 23.8 Å². The Bertz CT molecular complexity index is 619. The Hall–Kier alpha value is -1.94. The monoisotopic (exact) mass is 373 g/mol. The number of hydrogen-bond acceptors (Lipinski definition) is 5. The molecule has 2 saturated heterocycles. The van der Waals surface area contributed by atoms with Gasteiger partial charge in [0.2, 0.25) is 0 Å². The number of urea groups is 1. The number of nitrogens with one attached hydrogen (secondary N) is 1. The van der Waals surface area contributed by atoms with Crippen molar-refractivity contribution in [3.05, 3.63) is 17.8 Å². The number of aromatic nitrogens is 2. The normalized spacial score (nSPS) is 23.1. The third kappa shape index (κ3) is 4.42. The van der Waals surface area contributed by atoms with E-state index in [1.54, 1.807) is 4.90 Å². The van der Waals surface area contributed by atoms with Crippen molar-refractivity contribution in [1.29, 1.82) is 0 Å². The quantitative estimate of drug-likeness (QED) is 0.861. The minimum absolute atomic E-state index is 0.00191. The highest BCUT2D eigenvalue weighted by atomic mass is 19.4. The van der Waals surface area contributed by atoms with E-state index in [-0.39, 0.29) is 17.9 Å². The molecule has 2 aliphatic heterocycles. The van der Waals surface area contributed by atoms with Gasteiger partial charge in [0.05, 0.1) is 0 Å². The summed E-state index contributed by atoms with van der Waals surface area (Å²) >= 11 is 0. The summed E-state index contributed by atoms with van der Waals surface area (Å²) in [6.45, 7) is 5.58. The lowest BCUT2D eigenvalue weighted by Gasteiger charge is -2.44. The number of alkyl halides is 3. The maximum Gasteiger partial charge on any atom is 0.435 e. The van der Waals surface area contributed by atoms with Crippen LogP contribution in [-0.4, -0.2) is 71.0 Å². The SMILES string of the molecule is C[C@H]1CN(C2CCOCC2)CCN1C(=O)Nc1ccc(C(F)(F)F)nn1. The Balaban J connectivity index is 1.55. The van der Waals surface area contributed by atoms with Crippen LogP contribution in [0.5, 0.6) is 0 Å². The highest BCUT2D eigenvalue weighted by Crippen LogP contribution is 2.27. The van der Waals surface area contributed by atoms with Crippen molar-refractivity contribution in [2.45, 2.75) is 38.0 Å². The fourth-order valence-corrected chi connectivity index (χ4v) is 3.40. The zero-order valence-corrected chi connectivity index (χ0v) is 14.5. The average Bonchev–Trinajstić information content (AvgIpc) is 2.62. The number of carbonyl (C=O) groups is 1. The summed E-state index contributed by atoms with van der Waals surface area (Å²) in [5.41, 5.74) is -1.09. The molecule has 0 unspecified atom stereocenters. The summed E-state index contributed by atoms with van der Waals surface area (Å²) in [7, 11) is 0. The van der Waals surface area contributed by atoms with Gasteiger partial charge in [-0.25, -0.2) is 4.79 Å². The number of piperazine rings is 1. The number of halogens is 3. The van der Waals surface area contributed by atoms with Gasteiger partial charge in [-0.15, -0.1) is 10.2 Å². The van der Waals surface area contributed by atoms with Gasteiger partial charge >= 0.3 is 12.2 Å². The molecule has 0 aromatic carbocycles. The topological polar surface area (TPSA) is 70.6 Å². The number of amides is 2. The third-order valence-corrected chi connectivity index (χ3v) is 4.82. The number of ether oxygens (including phenoxy) is 1. The molecular weight excluding hydrogens is 351 g/mol. The largest absolute Gasteiger partial charge is 0.435 e. The third-order valence-electron chi connectivity index (χ3n) is 4.82. The van der Waals surface area contributed by atoms with Gasteiger partial charge in [0.25, 0.3) is 0 Å². The molecule has 2 aliphatic rings. The van der Waals surface area contributed by atoms with E-state index in [0.717, 1.165) is 51.3 Å². The number of nitrogens with zero attached hydrogens (tertiary/aromatic N) is 4. The van der Waals surface area contributed by atoms with E-state index in [0.29, 0.717) is 12.6 Å². The van der Waals surface area contributed by atoms with Gasteiger partial charge in [-0.05, 0) is 31.9 Å². The second kappa shape index (κ2) is 7.75.